The Hall–Kier alpha value is -3.95. The minimum Gasteiger partial charge on any atom is -0.443 e. The summed E-state index contributed by atoms with van der Waals surface area (Å²) in [5, 5.41) is 10.3. The molecule has 0 saturated carbocycles. The number of anilines is 3. The number of aromatic nitrogens is 1. The highest BCUT2D eigenvalue weighted by molar-refractivity contribution is 6.04. The predicted octanol–water partition coefficient (Wildman–Crippen LogP) is 6.70. The average Bonchev–Trinajstić information content (AvgIpc) is 3.04. The van der Waals surface area contributed by atoms with Gasteiger partial charge in [-0.05, 0) is 70.9 Å². The third-order valence-electron chi connectivity index (χ3n) is 6.25. The van der Waals surface area contributed by atoms with Crippen LogP contribution in [0.15, 0.2) is 66.9 Å². The van der Waals surface area contributed by atoms with Crippen LogP contribution in [0.2, 0.25) is 0 Å². The van der Waals surface area contributed by atoms with Gasteiger partial charge in [0.05, 0.1) is 37.7 Å². The fraction of sp³-hybridized carbons (Fsp3) is 0.406. The number of rotatable bonds is 6. The fourth-order valence-electron chi connectivity index (χ4n) is 4.44. The standard InChI is InChI=1S/C32H39N3O6/c1-31(2,3)40-29(37)34-18-24-13-10-16-33-28(24)35(30(38)41-32(4,5)6)26-15-14-23(17-27(26)34)25(19-36)21-39-20-22-11-8-7-9-12-22/h7-17,25,36H,18-21H2,1-6H3. The second kappa shape index (κ2) is 12.3. The number of aliphatic hydroxyl groups is 1. The summed E-state index contributed by atoms with van der Waals surface area (Å²) in [5.41, 5.74) is 1.75. The van der Waals surface area contributed by atoms with Gasteiger partial charge in [-0.2, -0.15) is 0 Å². The van der Waals surface area contributed by atoms with E-state index < -0.39 is 23.4 Å². The molecule has 2 aromatic carbocycles. The number of pyridine rings is 1. The Morgan fingerprint density at radius 3 is 2.24 bits per heavy atom. The summed E-state index contributed by atoms with van der Waals surface area (Å²) in [6.07, 6.45) is 0.402. The van der Waals surface area contributed by atoms with Gasteiger partial charge in [0.25, 0.3) is 0 Å². The summed E-state index contributed by atoms with van der Waals surface area (Å²) in [5.74, 6) is -0.00469. The molecule has 1 N–H and O–H groups in total. The number of hydrogen-bond donors (Lipinski definition) is 1. The molecule has 218 valence electrons. The predicted molar refractivity (Wildman–Crippen MR) is 157 cm³/mol. The van der Waals surface area contributed by atoms with E-state index in [-0.39, 0.29) is 25.7 Å². The molecule has 2 heterocycles. The number of carbonyl (C=O) groups excluding carboxylic acids is 2. The zero-order chi connectivity index (χ0) is 29.8. The van der Waals surface area contributed by atoms with Crippen molar-refractivity contribution in [3.8, 4) is 0 Å². The van der Waals surface area contributed by atoms with Crippen molar-refractivity contribution in [2.45, 2.75) is 71.8 Å². The molecule has 0 radical (unpaired) electrons. The van der Waals surface area contributed by atoms with Gasteiger partial charge in [-0.25, -0.2) is 19.5 Å². The van der Waals surface area contributed by atoms with E-state index in [1.54, 1.807) is 65.9 Å². The van der Waals surface area contributed by atoms with Gasteiger partial charge in [0.1, 0.15) is 17.0 Å². The molecule has 1 unspecified atom stereocenters. The van der Waals surface area contributed by atoms with E-state index >= 15 is 0 Å². The molecule has 1 aromatic heterocycles. The van der Waals surface area contributed by atoms with Gasteiger partial charge in [-0.1, -0.05) is 42.5 Å². The molecule has 41 heavy (non-hydrogen) atoms. The first-order chi connectivity index (χ1) is 19.4. The Labute approximate surface area is 241 Å². The highest BCUT2D eigenvalue weighted by Gasteiger charge is 2.36. The van der Waals surface area contributed by atoms with Gasteiger partial charge in [-0.3, -0.25) is 4.90 Å². The zero-order valence-electron chi connectivity index (χ0n) is 24.6. The molecule has 0 bridgehead atoms. The SMILES string of the molecule is CC(C)(C)OC(=O)N1Cc2cccnc2N(C(=O)OC(C)(C)C)c2ccc(C(CO)COCc3ccccc3)cc21. The molecule has 0 saturated heterocycles. The minimum atomic E-state index is -0.763. The quantitative estimate of drug-likeness (QED) is 0.357. The second-order valence-electron chi connectivity index (χ2n) is 12.0. The molecule has 9 nitrogen and oxygen atoms in total. The number of benzene rings is 2. The van der Waals surface area contributed by atoms with E-state index in [4.69, 9.17) is 14.2 Å². The van der Waals surface area contributed by atoms with Crippen LogP contribution >= 0.6 is 0 Å². The maximum atomic E-state index is 13.6. The van der Waals surface area contributed by atoms with E-state index in [2.05, 4.69) is 4.98 Å². The first-order valence-corrected chi connectivity index (χ1v) is 13.7. The van der Waals surface area contributed by atoms with Crippen LogP contribution in [0, 0.1) is 0 Å². The van der Waals surface area contributed by atoms with Crippen LogP contribution in [-0.2, 0) is 27.4 Å². The van der Waals surface area contributed by atoms with Crippen LogP contribution in [0.3, 0.4) is 0 Å². The van der Waals surface area contributed by atoms with E-state index in [9.17, 15) is 14.7 Å². The second-order valence-corrected chi connectivity index (χ2v) is 12.0. The van der Waals surface area contributed by atoms with Crippen LogP contribution in [0.5, 0.6) is 0 Å². The van der Waals surface area contributed by atoms with Gasteiger partial charge in [0.15, 0.2) is 0 Å². The summed E-state index contributed by atoms with van der Waals surface area (Å²) in [6, 6.07) is 18.7. The van der Waals surface area contributed by atoms with Gasteiger partial charge in [-0.15, -0.1) is 0 Å². The number of hydrogen-bond acceptors (Lipinski definition) is 7. The Kier molecular flexibility index (Phi) is 8.99. The fourth-order valence-corrected chi connectivity index (χ4v) is 4.44. The lowest BCUT2D eigenvalue weighted by molar-refractivity contribution is 0.0571. The van der Waals surface area contributed by atoms with Crippen molar-refractivity contribution in [3.63, 3.8) is 0 Å². The number of fused-ring (bicyclic) bond motifs is 2. The minimum absolute atomic E-state index is 0.113. The van der Waals surface area contributed by atoms with Crippen molar-refractivity contribution in [3.05, 3.63) is 83.6 Å². The van der Waals surface area contributed by atoms with Crippen LogP contribution in [-0.4, -0.2) is 46.7 Å². The molecule has 1 aliphatic rings. The zero-order valence-corrected chi connectivity index (χ0v) is 24.6. The number of amides is 2. The van der Waals surface area contributed by atoms with Crippen molar-refractivity contribution < 1.29 is 28.9 Å². The number of nitrogens with zero attached hydrogens (tertiary/aromatic N) is 3. The Morgan fingerprint density at radius 2 is 1.59 bits per heavy atom. The molecule has 2 amide bonds. The van der Waals surface area contributed by atoms with Crippen molar-refractivity contribution in [1.82, 2.24) is 4.98 Å². The van der Waals surface area contributed by atoms with Crippen molar-refractivity contribution in [2.24, 2.45) is 0 Å². The van der Waals surface area contributed by atoms with Crippen molar-refractivity contribution in [1.29, 1.82) is 0 Å². The van der Waals surface area contributed by atoms with Gasteiger partial charge in [0, 0.05) is 17.7 Å². The Morgan fingerprint density at radius 1 is 0.902 bits per heavy atom. The lowest BCUT2D eigenvalue weighted by Gasteiger charge is -2.30. The summed E-state index contributed by atoms with van der Waals surface area (Å²) in [4.78, 5) is 34.6. The molecule has 1 atom stereocenters. The molecule has 0 spiro atoms. The number of aliphatic hydroxyl groups excluding tert-OH is 1. The van der Waals surface area contributed by atoms with Crippen LogP contribution < -0.4 is 9.80 Å². The summed E-state index contributed by atoms with van der Waals surface area (Å²) < 4.78 is 17.5. The van der Waals surface area contributed by atoms with Crippen LogP contribution in [0.4, 0.5) is 26.8 Å². The summed E-state index contributed by atoms with van der Waals surface area (Å²) in [6.45, 7) is 11.4. The maximum Gasteiger partial charge on any atom is 0.420 e. The average molecular weight is 562 g/mol. The lowest BCUT2D eigenvalue weighted by Crippen LogP contribution is -2.37. The molecule has 0 fully saturated rings. The van der Waals surface area contributed by atoms with Crippen molar-refractivity contribution in [2.75, 3.05) is 23.0 Å². The van der Waals surface area contributed by atoms with Gasteiger partial charge >= 0.3 is 12.2 Å². The first-order valence-electron chi connectivity index (χ1n) is 13.7. The maximum absolute atomic E-state index is 13.6. The monoisotopic (exact) mass is 561 g/mol. The largest absolute Gasteiger partial charge is 0.443 e. The van der Waals surface area contributed by atoms with E-state index in [0.717, 1.165) is 11.1 Å². The molecule has 4 rings (SSSR count). The molecule has 1 aliphatic heterocycles. The smallest absolute Gasteiger partial charge is 0.420 e. The first kappa shape index (κ1) is 30.0. The summed E-state index contributed by atoms with van der Waals surface area (Å²) >= 11 is 0. The normalized spacial score (nSPS) is 14.0. The van der Waals surface area contributed by atoms with Gasteiger partial charge < -0.3 is 19.3 Å². The van der Waals surface area contributed by atoms with Crippen LogP contribution in [0.1, 0.15) is 64.2 Å². The highest BCUT2D eigenvalue weighted by Crippen LogP contribution is 2.42. The van der Waals surface area contributed by atoms with E-state index in [1.807, 2.05) is 42.5 Å². The number of ether oxygens (including phenoxy) is 3. The molecular weight excluding hydrogens is 522 g/mol. The topological polar surface area (TPSA) is 101 Å². The molecule has 0 aliphatic carbocycles. The third kappa shape index (κ3) is 7.62. The highest BCUT2D eigenvalue weighted by atomic mass is 16.6. The van der Waals surface area contributed by atoms with Gasteiger partial charge in [0.2, 0.25) is 0 Å². The summed E-state index contributed by atoms with van der Waals surface area (Å²) in [7, 11) is 0. The molecule has 3 aromatic rings. The Bertz CT molecular complexity index is 1360. The van der Waals surface area contributed by atoms with E-state index in [1.165, 1.54) is 9.80 Å². The molecular formula is C32H39N3O6. The Balaban J connectivity index is 1.77. The van der Waals surface area contributed by atoms with E-state index in [0.29, 0.717) is 29.4 Å². The lowest BCUT2D eigenvalue weighted by atomic mass is 9.99. The third-order valence-corrected chi connectivity index (χ3v) is 6.25. The van der Waals surface area contributed by atoms with Crippen molar-refractivity contribution >= 4 is 29.4 Å². The number of carbonyl (C=O) groups is 2. The van der Waals surface area contributed by atoms with Crippen LogP contribution in [0.25, 0.3) is 0 Å². The molecule has 9 heteroatoms.